The lowest BCUT2D eigenvalue weighted by Gasteiger charge is -2.12. The summed E-state index contributed by atoms with van der Waals surface area (Å²) < 4.78 is 9.28. The highest BCUT2D eigenvalue weighted by Gasteiger charge is 2.22. The van der Waals surface area contributed by atoms with Gasteiger partial charge in [-0.3, -0.25) is 0 Å². The second kappa shape index (κ2) is 13.1. The summed E-state index contributed by atoms with van der Waals surface area (Å²) in [7, 11) is 0. The number of aromatic nitrogens is 3. The van der Waals surface area contributed by atoms with Crippen molar-refractivity contribution < 1.29 is 4.42 Å². The molecule has 0 aliphatic carbocycles. The highest BCUT2D eigenvalue weighted by Crippen LogP contribution is 2.43. The molecule has 0 fully saturated rings. The first-order chi connectivity index (χ1) is 27.8. The minimum Gasteiger partial charge on any atom is -0.453 e. The Hall–Kier alpha value is -7.56. The first-order valence-electron chi connectivity index (χ1n) is 18.9. The zero-order valence-electron chi connectivity index (χ0n) is 30.3. The second-order valence-electron chi connectivity index (χ2n) is 14.1. The standard InChI is InChI=1S/C52H33N3O/c1-4-15-34(16-5-1)35-29-31-37(32-30-35)44-33-45(54-52(53-44)38-19-8-3-9-20-38)42-25-14-27-47-49(42)43-21-10-11-26-46(43)55(47)48-28-13-24-41-40-23-12-22-39(50(40)56-51(41)48)36-17-6-2-7-18-36/h1-33H. The Labute approximate surface area is 323 Å². The van der Waals surface area contributed by atoms with Crippen molar-refractivity contribution in [3.05, 3.63) is 200 Å². The average Bonchev–Trinajstić information content (AvgIpc) is 3.84. The number of benzene rings is 8. The van der Waals surface area contributed by atoms with Crippen molar-refractivity contribution in [1.29, 1.82) is 0 Å². The molecule has 0 bridgehead atoms. The van der Waals surface area contributed by atoms with Gasteiger partial charge in [-0.15, -0.1) is 0 Å². The first-order valence-corrected chi connectivity index (χ1v) is 18.9. The summed E-state index contributed by atoms with van der Waals surface area (Å²) >= 11 is 0. The molecule has 0 saturated heterocycles. The van der Waals surface area contributed by atoms with Gasteiger partial charge < -0.3 is 8.98 Å². The van der Waals surface area contributed by atoms with Crippen LogP contribution in [0.2, 0.25) is 0 Å². The van der Waals surface area contributed by atoms with Gasteiger partial charge in [0.25, 0.3) is 0 Å². The van der Waals surface area contributed by atoms with Gasteiger partial charge in [-0.2, -0.15) is 0 Å². The van der Waals surface area contributed by atoms with Crippen LogP contribution in [0.15, 0.2) is 205 Å². The molecular formula is C52H33N3O. The fourth-order valence-corrected chi connectivity index (χ4v) is 8.23. The molecule has 3 heterocycles. The van der Waals surface area contributed by atoms with Gasteiger partial charge in [-0.1, -0.05) is 176 Å². The summed E-state index contributed by atoms with van der Waals surface area (Å²) in [5.74, 6) is 0.687. The van der Waals surface area contributed by atoms with Crippen LogP contribution in [0, 0.1) is 0 Å². The third kappa shape index (κ3) is 5.23. The Kier molecular flexibility index (Phi) is 7.46. The summed E-state index contributed by atoms with van der Waals surface area (Å²) in [6.45, 7) is 0. The van der Waals surface area contributed by atoms with Gasteiger partial charge in [0.2, 0.25) is 0 Å². The van der Waals surface area contributed by atoms with Gasteiger partial charge in [-0.05, 0) is 41.0 Å². The van der Waals surface area contributed by atoms with Crippen LogP contribution >= 0.6 is 0 Å². The minimum atomic E-state index is 0.687. The van der Waals surface area contributed by atoms with Gasteiger partial charge in [0.05, 0.1) is 28.1 Å². The summed E-state index contributed by atoms with van der Waals surface area (Å²) in [5.41, 5.74) is 14.3. The van der Waals surface area contributed by atoms with E-state index in [9.17, 15) is 0 Å². The van der Waals surface area contributed by atoms with Gasteiger partial charge in [-0.25, -0.2) is 9.97 Å². The van der Waals surface area contributed by atoms with Crippen LogP contribution in [-0.2, 0) is 0 Å². The van der Waals surface area contributed by atoms with Crippen LogP contribution in [0.1, 0.15) is 0 Å². The van der Waals surface area contributed by atoms with E-state index in [0.29, 0.717) is 5.82 Å². The molecule has 0 amide bonds. The summed E-state index contributed by atoms with van der Waals surface area (Å²) in [5, 5.41) is 4.46. The largest absolute Gasteiger partial charge is 0.453 e. The number of fused-ring (bicyclic) bond motifs is 6. The normalized spacial score (nSPS) is 11.6. The first kappa shape index (κ1) is 31.9. The molecule has 3 aromatic heterocycles. The van der Waals surface area contributed by atoms with Crippen LogP contribution in [-0.4, -0.2) is 14.5 Å². The van der Waals surface area contributed by atoms with E-state index in [0.717, 1.165) is 88.6 Å². The maximum absolute atomic E-state index is 6.93. The average molecular weight is 716 g/mol. The zero-order chi connectivity index (χ0) is 37.0. The van der Waals surface area contributed by atoms with Crippen LogP contribution in [0.4, 0.5) is 0 Å². The minimum absolute atomic E-state index is 0.687. The topological polar surface area (TPSA) is 43.9 Å². The fraction of sp³-hybridized carbons (Fsp3) is 0. The number of hydrogen-bond acceptors (Lipinski definition) is 3. The zero-order valence-corrected chi connectivity index (χ0v) is 30.3. The molecule has 0 spiro atoms. The fourth-order valence-electron chi connectivity index (χ4n) is 8.23. The lowest BCUT2D eigenvalue weighted by molar-refractivity contribution is 0.667. The summed E-state index contributed by atoms with van der Waals surface area (Å²) in [6, 6.07) is 70.0. The molecule has 0 unspecified atom stereocenters. The lowest BCUT2D eigenvalue weighted by atomic mass is 10.00. The molecule has 11 aromatic rings. The number of para-hydroxylation sites is 3. The van der Waals surface area contributed by atoms with Gasteiger partial charge in [0.15, 0.2) is 11.4 Å². The maximum Gasteiger partial charge on any atom is 0.160 e. The smallest absolute Gasteiger partial charge is 0.160 e. The SMILES string of the molecule is c1ccc(-c2ccc(-c3cc(-c4cccc5c4c4ccccc4n5-c4cccc5c4oc4c(-c6ccccc6)cccc45)nc(-c4ccccc4)n3)cc2)cc1. The molecule has 4 nitrogen and oxygen atoms in total. The molecule has 0 aliphatic heterocycles. The Morgan fingerprint density at radius 1 is 0.357 bits per heavy atom. The number of nitrogens with zero attached hydrogens (tertiary/aromatic N) is 3. The van der Waals surface area contributed by atoms with Crippen molar-refractivity contribution in [2.24, 2.45) is 0 Å². The second-order valence-corrected chi connectivity index (χ2v) is 14.1. The van der Waals surface area contributed by atoms with Gasteiger partial charge in [0.1, 0.15) is 5.58 Å². The van der Waals surface area contributed by atoms with Crippen molar-refractivity contribution in [3.63, 3.8) is 0 Å². The third-order valence-electron chi connectivity index (χ3n) is 10.8. The van der Waals surface area contributed by atoms with E-state index in [-0.39, 0.29) is 0 Å². The predicted molar refractivity (Wildman–Crippen MR) is 231 cm³/mol. The molecule has 0 radical (unpaired) electrons. The third-order valence-corrected chi connectivity index (χ3v) is 10.8. The van der Waals surface area contributed by atoms with E-state index in [4.69, 9.17) is 14.4 Å². The van der Waals surface area contributed by atoms with Crippen LogP contribution in [0.3, 0.4) is 0 Å². The van der Waals surface area contributed by atoms with E-state index in [2.05, 4.69) is 174 Å². The number of hydrogen-bond donors (Lipinski definition) is 0. The molecule has 0 atom stereocenters. The molecule has 8 aromatic carbocycles. The maximum atomic E-state index is 6.93. The van der Waals surface area contributed by atoms with E-state index >= 15 is 0 Å². The Bertz CT molecular complexity index is 3220. The molecule has 0 aliphatic rings. The molecular weight excluding hydrogens is 683 g/mol. The van der Waals surface area contributed by atoms with Gasteiger partial charge in [0, 0.05) is 43.8 Å². The molecule has 0 saturated carbocycles. The monoisotopic (exact) mass is 715 g/mol. The molecule has 56 heavy (non-hydrogen) atoms. The van der Waals surface area contributed by atoms with Crippen molar-refractivity contribution >= 4 is 43.7 Å². The van der Waals surface area contributed by atoms with Crippen LogP contribution < -0.4 is 0 Å². The molecule has 0 N–H and O–H groups in total. The quantitative estimate of drug-likeness (QED) is 0.172. The Morgan fingerprint density at radius 2 is 0.893 bits per heavy atom. The van der Waals surface area contributed by atoms with Crippen molar-refractivity contribution in [1.82, 2.24) is 14.5 Å². The van der Waals surface area contributed by atoms with E-state index < -0.39 is 0 Å². The summed E-state index contributed by atoms with van der Waals surface area (Å²) in [6.07, 6.45) is 0. The number of rotatable bonds is 6. The highest BCUT2D eigenvalue weighted by atomic mass is 16.3. The Balaban J connectivity index is 1.13. The van der Waals surface area contributed by atoms with Crippen molar-refractivity contribution in [2.45, 2.75) is 0 Å². The van der Waals surface area contributed by atoms with Crippen LogP contribution in [0.25, 0.3) is 106 Å². The van der Waals surface area contributed by atoms with Gasteiger partial charge >= 0.3 is 0 Å². The molecule has 4 heteroatoms. The summed E-state index contributed by atoms with van der Waals surface area (Å²) in [4.78, 5) is 10.4. The number of furan rings is 1. The van der Waals surface area contributed by atoms with E-state index in [1.54, 1.807) is 0 Å². The van der Waals surface area contributed by atoms with Crippen LogP contribution in [0.5, 0.6) is 0 Å². The molecule has 262 valence electrons. The Morgan fingerprint density at radius 3 is 1.66 bits per heavy atom. The lowest BCUT2D eigenvalue weighted by Crippen LogP contribution is -1.97. The predicted octanol–water partition coefficient (Wildman–Crippen LogP) is 13.8. The molecule has 11 rings (SSSR count). The van der Waals surface area contributed by atoms with Crippen molar-refractivity contribution in [2.75, 3.05) is 0 Å². The van der Waals surface area contributed by atoms with E-state index in [1.807, 2.05) is 30.3 Å². The highest BCUT2D eigenvalue weighted by molar-refractivity contribution is 6.17. The van der Waals surface area contributed by atoms with Crippen molar-refractivity contribution in [3.8, 4) is 61.8 Å². The van der Waals surface area contributed by atoms with E-state index in [1.165, 1.54) is 11.1 Å².